The zero-order valence-electron chi connectivity index (χ0n) is 11.2. The fourth-order valence-electron chi connectivity index (χ4n) is 1.95. The Morgan fingerprint density at radius 1 is 1.50 bits per heavy atom. The maximum Gasteiger partial charge on any atom is 0.271 e. The highest BCUT2D eigenvalue weighted by molar-refractivity contribution is 5.75. The highest BCUT2D eigenvalue weighted by atomic mass is 16.2. The van der Waals surface area contributed by atoms with Gasteiger partial charge in [0.05, 0.1) is 5.69 Å². The molecule has 0 spiro atoms. The summed E-state index contributed by atoms with van der Waals surface area (Å²) >= 11 is 0. The zero-order valence-corrected chi connectivity index (χ0v) is 11.2. The van der Waals surface area contributed by atoms with Crippen molar-refractivity contribution in [2.75, 3.05) is 0 Å². The molecule has 9 heteroatoms. The number of nitrogens with zero attached hydrogens (tertiary/aromatic N) is 4. The predicted molar refractivity (Wildman–Crippen MR) is 69.9 cm³/mol. The van der Waals surface area contributed by atoms with Crippen LogP contribution >= 0.6 is 0 Å². The summed E-state index contributed by atoms with van der Waals surface area (Å²) in [5.74, 6) is 5.04. The van der Waals surface area contributed by atoms with Crippen LogP contribution in [0, 0.1) is 13.8 Å². The van der Waals surface area contributed by atoms with E-state index in [1.54, 1.807) is 0 Å². The van der Waals surface area contributed by atoms with Gasteiger partial charge in [0.2, 0.25) is 5.91 Å². The highest BCUT2D eigenvalue weighted by Crippen LogP contribution is 2.16. The molecule has 0 aliphatic heterocycles. The van der Waals surface area contributed by atoms with Crippen molar-refractivity contribution in [3.63, 3.8) is 0 Å². The van der Waals surface area contributed by atoms with Gasteiger partial charge >= 0.3 is 0 Å². The SMILES string of the molecule is Cc1nn(-c2nncc(=O)[nH]2)c(C)c1CCC(=O)NN. The van der Waals surface area contributed by atoms with Gasteiger partial charge in [-0.25, -0.2) is 10.5 Å². The smallest absolute Gasteiger partial charge is 0.271 e. The number of aromatic amines is 1. The van der Waals surface area contributed by atoms with Gasteiger partial charge in [-0.15, -0.1) is 10.2 Å². The van der Waals surface area contributed by atoms with Crippen LogP contribution in [-0.4, -0.2) is 30.9 Å². The Kier molecular flexibility index (Phi) is 3.89. The van der Waals surface area contributed by atoms with Gasteiger partial charge in [0.1, 0.15) is 6.20 Å². The van der Waals surface area contributed by atoms with Gasteiger partial charge < -0.3 is 0 Å². The van der Waals surface area contributed by atoms with Gasteiger partial charge in [0.15, 0.2) is 0 Å². The highest BCUT2D eigenvalue weighted by Gasteiger charge is 2.15. The summed E-state index contributed by atoms with van der Waals surface area (Å²) in [7, 11) is 0. The molecule has 20 heavy (non-hydrogen) atoms. The van der Waals surface area contributed by atoms with Crippen molar-refractivity contribution >= 4 is 5.91 Å². The Hall–Kier alpha value is -2.55. The molecule has 106 valence electrons. The van der Waals surface area contributed by atoms with Crippen molar-refractivity contribution < 1.29 is 4.79 Å². The van der Waals surface area contributed by atoms with Gasteiger partial charge in [-0.05, 0) is 25.8 Å². The Balaban J connectivity index is 2.33. The zero-order chi connectivity index (χ0) is 14.7. The summed E-state index contributed by atoms with van der Waals surface area (Å²) in [6.45, 7) is 3.66. The van der Waals surface area contributed by atoms with Gasteiger partial charge in [0, 0.05) is 12.1 Å². The number of hydrogen-bond acceptors (Lipinski definition) is 6. The van der Waals surface area contributed by atoms with Crippen LogP contribution in [-0.2, 0) is 11.2 Å². The number of aromatic nitrogens is 5. The first-order chi connectivity index (χ1) is 9.52. The maximum atomic E-state index is 11.3. The quantitative estimate of drug-likeness (QED) is 0.369. The lowest BCUT2D eigenvalue weighted by molar-refractivity contribution is -0.121. The molecule has 2 heterocycles. The van der Waals surface area contributed by atoms with E-state index < -0.39 is 0 Å². The number of amides is 1. The second-order valence-electron chi connectivity index (χ2n) is 4.29. The van der Waals surface area contributed by atoms with E-state index in [0.29, 0.717) is 6.42 Å². The normalized spacial score (nSPS) is 10.6. The second kappa shape index (κ2) is 5.61. The van der Waals surface area contributed by atoms with E-state index in [2.05, 4.69) is 25.7 Å². The molecule has 4 N–H and O–H groups in total. The molecule has 0 aliphatic carbocycles. The van der Waals surface area contributed by atoms with Crippen molar-refractivity contribution in [2.24, 2.45) is 5.84 Å². The van der Waals surface area contributed by atoms with Crippen LogP contribution in [0.2, 0.25) is 0 Å². The topological polar surface area (TPSA) is 132 Å². The molecule has 0 saturated heterocycles. The molecular formula is C11H15N7O2. The number of aryl methyl sites for hydroxylation is 1. The number of H-pyrrole nitrogens is 1. The average molecular weight is 277 g/mol. The van der Waals surface area contributed by atoms with Gasteiger partial charge in [-0.2, -0.15) is 5.10 Å². The summed E-state index contributed by atoms with van der Waals surface area (Å²) in [6.07, 6.45) is 1.85. The third kappa shape index (κ3) is 2.72. The number of carbonyl (C=O) groups is 1. The first-order valence-corrected chi connectivity index (χ1v) is 6.00. The van der Waals surface area contributed by atoms with E-state index in [-0.39, 0.29) is 23.8 Å². The van der Waals surface area contributed by atoms with Crippen molar-refractivity contribution in [3.05, 3.63) is 33.5 Å². The van der Waals surface area contributed by atoms with Crippen LogP contribution in [0.1, 0.15) is 23.4 Å². The third-order valence-corrected chi connectivity index (χ3v) is 2.97. The van der Waals surface area contributed by atoms with Crippen molar-refractivity contribution in [1.82, 2.24) is 30.4 Å². The molecule has 0 aliphatic rings. The van der Waals surface area contributed by atoms with E-state index >= 15 is 0 Å². The van der Waals surface area contributed by atoms with Crippen LogP contribution in [0.5, 0.6) is 0 Å². The van der Waals surface area contributed by atoms with Crippen molar-refractivity contribution in [3.8, 4) is 5.95 Å². The Labute approximate surface area is 114 Å². The number of hydrogen-bond donors (Lipinski definition) is 3. The minimum Gasteiger partial charge on any atom is -0.294 e. The predicted octanol–water partition coefficient (Wildman–Crippen LogP) is -1.11. The minimum absolute atomic E-state index is 0.243. The minimum atomic E-state index is -0.355. The second-order valence-corrected chi connectivity index (χ2v) is 4.29. The van der Waals surface area contributed by atoms with Gasteiger partial charge in [-0.3, -0.25) is 20.0 Å². The summed E-state index contributed by atoms with van der Waals surface area (Å²) in [5, 5.41) is 11.7. The summed E-state index contributed by atoms with van der Waals surface area (Å²) in [4.78, 5) is 25.0. The monoisotopic (exact) mass is 277 g/mol. The van der Waals surface area contributed by atoms with Crippen molar-refractivity contribution in [1.29, 1.82) is 0 Å². The molecule has 0 atom stereocenters. The number of carbonyl (C=O) groups excluding carboxylic acids is 1. The summed E-state index contributed by atoms with van der Waals surface area (Å²) < 4.78 is 1.50. The maximum absolute atomic E-state index is 11.3. The standard InChI is InChI=1S/C11H15N7O2/c1-6-8(3-4-9(19)15-12)7(2)18(17-6)11-14-10(20)5-13-16-11/h5H,3-4,12H2,1-2H3,(H,15,19)(H,14,16,20). The van der Waals surface area contributed by atoms with E-state index in [1.165, 1.54) is 4.68 Å². The van der Waals surface area contributed by atoms with Crippen LogP contribution in [0.25, 0.3) is 5.95 Å². The Morgan fingerprint density at radius 2 is 2.25 bits per heavy atom. The molecule has 0 unspecified atom stereocenters. The third-order valence-electron chi connectivity index (χ3n) is 2.97. The fourth-order valence-corrected chi connectivity index (χ4v) is 1.95. The number of nitrogens with two attached hydrogens (primary N) is 1. The molecule has 0 saturated carbocycles. The molecule has 2 aromatic heterocycles. The average Bonchev–Trinajstić information content (AvgIpc) is 2.71. The van der Waals surface area contributed by atoms with E-state index in [9.17, 15) is 9.59 Å². The number of nitrogens with one attached hydrogen (secondary N) is 2. The fraction of sp³-hybridized carbons (Fsp3) is 0.364. The summed E-state index contributed by atoms with van der Waals surface area (Å²) in [6, 6.07) is 0. The Bertz CT molecular complexity index is 688. The van der Waals surface area contributed by atoms with E-state index in [4.69, 9.17) is 5.84 Å². The molecule has 2 aromatic rings. The Morgan fingerprint density at radius 3 is 2.90 bits per heavy atom. The van der Waals surface area contributed by atoms with Gasteiger partial charge in [0.25, 0.3) is 11.5 Å². The van der Waals surface area contributed by atoms with Gasteiger partial charge in [-0.1, -0.05) is 0 Å². The van der Waals surface area contributed by atoms with Crippen LogP contribution in [0.3, 0.4) is 0 Å². The summed E-state index contributed by atoms with van der Waals surface area (Å²) in [5.41, 5.74) is 4.20. The van der Waals surface area contributed by atoms with Crippen LogP contribution < -0.4 is 16.8 Å². The molecule has 9 nitrogen and oxygen atoms in total. The molecule has 0 fully saturated rings. The first-order valence-electron chi connectivity index (χ1n) is 6.00. The number of rotatable bonds is 4. The molecule has 1 amide bonds. The largest absolute Gasteiger partial charge is 0.294 e. The van der Waals surface area contributed by atoms with Crippen LogP contribution in [0.15, 0.2) is 11.0 Å². The molecule has 0 bridgehead atoms. The lowest BCUT2D eigenvalue weighted by Crippen LogP contribution is -2.30. The lowest BCUT2D eigenvalue weighted by Gasteiger charge is -2.03. The molecule has 0 radical (unpaired) electrons. The van der Waals surface area contributed by atoms with E-state index in [0.717, 1.165) is 23.1 Å². The molecule has 2 rings (SSSR count). The van der Waals surface area contributed by atoms with E-state index in [1.807, 2.05) is 13.8 Å². The molecule has 0 aromatic carbocycles. The van der Waals surface area contributed by atoms with Crippen molar-refractivity contribution in [2.45, 2.75) is 26.7 Å². The number of hydrazine groups is 1. The van der Waals surface area contributed by atoms with Crippen LogP contribution in [0.4, 0.5) is 0 Å². The lowest BCUT2D eigenvalue weighted by atomic mass is 10.1. The molecular weight excluding hydrogens is 262 g/mol. The first kappa shape index (κ1) is 13.9.